The standard InChI is InChI=1S/C17H28N2O/c1-3-15(2)16-7-8-17(18-13-16)14-20-12-11-19-9-5-4-6-10-19/h7-8,13,15H,3-6,9-12,14H2,1-2H3. The Labute approximate surface area is 123 Å². The van der Waals surface area contributed by atoms with Gasteiger partial charge in [-0.15, -0.1) is 0 Å². The zero-order valence-corrected chi connectivity index (χ0v) is 13.0. The van der Waals surface area contributed by atoms with Crippen molar-refractivity contribution in [2.45, 2.75) is 52.1 Å². The first-order valence-electron chi connectivity index (χ1n) is 8.04. The minimum atomic E-state index is 0.594. The molecule has 1 unspecified atom stereocenters. The molecule has 20 heavy (non-hydrogen) atoms. The van der Waals surface area contributed by atoms with Crippen molar-refractivity contribution in [2.75, 3.05) is 26.2 Å². The molecule has 112 valence electrons. The van der Waals surface area contributed by atoms with Gasteiger partial charge in [0.2, 0.25) is 0 Å². The molecule has 1 aromatic rings. The number of pyridine rings is 1. The van der Waals surface area contributed by atoms with Crippen LogP contribution in [-0.4, -0.2) is 36.1 Å². The van der Waals surface area contributed by atoms with Crippen LogP contribution in [0.1, 0.15) is 56.7 Å². The molecular formula is C17H28N2O. The Kier molecular flexibility index (Phi) is 6.48. The van der Waals surface area contributed by atoms with Crippen molar-refractivity contribution < 1.29 is 4.74 Å². The van der Waals surface area contributed by atoms with Crippen molar-refractivity contribution in [2.24, 2.45) is 0 Å². The zero-order chi connectivity index (χ0) is 14.2. The first-order valence-corrected chi connectivity index (χ1v) is 8.04. The van der Waals surface area contributed by atoms with Crippen LogP contribution in [-0.2, 0) is 11.3 Å². The highest BCUT2D eigenvalue weighted by atomic mass is 16.5. The van der Waals surface area contributed by atoms with Gasteiger partial charge in [0.1, 0.15) is 0 Å². The van der Waals surface area contributed by atoms with Gasteiger partial charge >= 0.3 is 0 Å². The van der Waals surface area contributed by atoms with Crippen LogP contribution in [0.25, 0.3) is 0 Å². The predicted molar refractivity (Wildman–Crippen MR) is 82.9 cm³/mol. The van der Waals surface area contributed by atoms with Gasteiger partial charge in [-0.05, 0) is 49.9 Å². The molecule has 2 rings (SSSR count). The van der Waals surface area contributed by atoms with Gasteiger partial charge in [0.25, 0.3) is 0 Å². The summed E-state index contributed by atoms with van der Waals surface area (Å²) in [7, 11) is 0. The van der Waals surface area contributed by atoms with E-state index < -0.39 is 0 Å². The minimum Gasteiger partial charge on any atom is -0.374 e. The lowest BCUT2D eigenvalue weighted by molar-refractivity contribution is 0.0845. The van der Waals surface area contributed by atoms with E-state index >= 15 is 0 Å². The molecule has 0 bridgehead atoms. The third-order valence-corrected chi connectivity index (χ3v) is 4.28. The van der Waals surface area contributed by atoms with E-state index in [2.05, 4.69) is 35.9 Å². The van der Waals surface area contributed by atoms with Crippen LogP contribution in [0.4, 0.5) is 0 Å². The third-order valence-electron chi connectivity index (χ3n) is 4.28. The number of nitrogens with zero attached hydrogens (tertiary/aromatic N) is 2. The lowest BCUT2D eigenvalue weighted by atomic mass is 10.0. The summed E-state index contributed by atoms with van der Waals surface area (Å²) in [5.74, 6) is 0.594. The molecule has 0 aromatic carbocycles. The number of hydrogen-bond acceptors (Lipinski definition) is 3. The summed E-state index contributed by atoms with van der Waals surface area (Å²) < 4.78 is 5.74. The van der Waals surface area contributed by atoms with Gasteiger partial charge in [-0.1, -0.05) is 26.3 Å². The fourth-order valence-electron chi connectivity index (χ4n) is 2.60. The first kappa shape index (κ1) is 15.5. The molecule has 1 saturated heterocycles. The van der Waals surface area contributed by atoms with Crippen LogP contribution >= 0.6 is 0 Å². The molecule has 0 N–H and O–H groups in total. The predicted octanol–water partition coefficient (Wildman–Crippen LogP) is 3.60. The van der Waals surface area contributed by atoms with Gasteiger partial charge < -0.3 is 9.64 Å². The smallest absolute Gasteiger partial charge is 0.0888 e. The Morgan fingerprint density at radius 3 is 2.70 bits per heavy atom. The third kappa shape index (κ3) is 4.88. The largest absolute Gasteiger partial charge is 0.374 e. The molecule has 3 nitrogen and oxygen atoms in total. The van der Waals surface area contributed by atoms with Crippen LogP contribution < -0.4 is 0 Å². The van der Waals surface area contributed by atoms with Gasteiger partial charge in [-0.2, -0.15) is 0 Å². The molecule has 0 amide bonds. The quantitative estimate of drug-likeness (QED) is 0.712. The van der Waals surface area contributed by atoms with Gasteiger partial charge in [0.05, 0.1) is 18.9 Å². The maximum atomic E-state index is 5.74. The lowest BCUT2D eigenvalue weighted by Crippen LogP contribution is -2.32. The molecule has 1 aromatic heterocycles. The summed E-state index contributed by atoms with van der Waals surface area (Å²) in [6.07, 6.45) is 7.24. The summed E-state index contributed by atoms with van der Waals surface area (Å²) >= 11 is 0. The van der Waals surface area contributed by atoms with E-state index in [0.29, 0.717) is 12.5 Å². The lowest BCUT2D eigenvalue weighted by Gasteiger charge is -2.26. The summed E-state index contributed by atoms with van der Waals surface area (Å²) in [5, 5.41) is 0. The fourth-order valence-corrected chi connectivity index (χ4v) is 2.60. The van der Waals surface area contributed by atoms with Crippen molar-refractivity contribution in [3.8, 4) is 0 Å². The van der Waals surface area contributed by atoms with Crippen molar-refractivity contribution >= 4 is 0 Å². The van der Waals surface area contributed by atoms with Crippen LogP contribution in [0.15, 0.2) is 18.3 Å². The highest BCUT2D eigenvalue weighted by Gasteiger charge is 2.09. The molecule has 1 fully saturated rings. The van der Waals surface area contributed by atoms with Crippen molar-refractivity contribution in [1.29, 1.82) is 0 Å². The second-order valence-electron chi connectivity index (χ2n) is 5.85. The maximum Gasteiger partial charge on any atom is 0.0888 e. The normalized spacial score (nSPS) is 18.1. The molecule has 3 heteroatoms. The van der Waals surface area contributed by atoms with Gasteiger partial charge in [-0.25, -0.2) is 0 Å². The number of likely N-dealkylation sites (tertiary alicyclic amines) is 1. The highest BCUT2D eigenvalue weighted by molar-refractivity contribution is 5.17. The van der Waals surface area contributed by atoms with Crippen molar-refractivity contribution in [1.82, 2.24) is 9.88 Å². The number of piperidine rings is 1. The van der Waals surface area contributed by atoms with Gasteiger partial charge in [0.15, 0.2) is 0 Å². The molecular weight excluding hydrogens is 248 g/mol. The summed E-state index contributed by atoms with van der Waals surface area (Å²) in [6, 6.07) is 4.28. The highest BCUT2D eigenvalue weighted by Crippen LogP contribution is 2.17. The van der Waals surface area contributed by atoms with E-state index in [1.807, 2.05) is 6.20 Å². The number of aromatic nitrogens is 1. The van der Waals surface area contributed by atoms with E-state index in [1.54, 1.807) is 0 Å². The van der Waals surface area contributed by atoms with Gasteiger partial charge in [0, 0.05) is 12.7 Å². The Bertz CT molecular complexity index is 371. The molecule has 1 aliphatic heterocycles. The number of rotatable bonds is 7. The Morgan fingerprint density at radius 1 is 1.25 bits per heavy atom. The Hall–Kier alpha value is -0.930. The Balaban J connectivity index is 1.66. The summed E-state index contributed by atoms with van der Waals surface area (Å²) in [4.78, 5) is 7.00. The molecule has 0 spiro atoms. The van der Waals surface area contributed by atoms with Crippen LogP contribution in [0.5, 0.6) is 0 Å². The zero-order valence-electron chi connectivity index (χ0n) is 13.0. The minimum absolute atomic E-state index is 0.594. The molecule has 1 aliphatic rings. The van der Waals surface area contributed by atoms with Gasteiger partial charge in [-0.3, -0.25) is 4.98 Å². The average Bonchev–Trinajstić information content (AvgIpc) is 2.52. The second-order valence-corrected chi connectivity index (χ2v) is 5.85. The fraction of sp³-hybridized carbons (Fsp3) is 0.706. The summed E-state index contributed by atoms with van der Waals surface area (Å²) in [6.45, 7) is 9.44. The number of hydrogen-bond donors (Lipinski definition) is 0. The monoisotopic (exact) mass is 276 g/mol. The van der Waals surface area contributed by atoms with Crippen LogP contribution in [0, 0.1) is 0 Å². The van der Waals surface area contributed by atoms with E-state index in [9.17, 15) is 0 Å². The van der Waals surface area contributed by atoms with Crippen molar-refractivity contribution in [3.63, 3.8) is 0 Å². The molecule has 1 atom stereocenters. The SMILES string of the molecule is CCC(C)c1ccc(COCCN2CCCCC2)nc1. The van der Waals surface area contributed by atoms with Crippen molar-refractivity contribution in [3.05, 3.63) is 29.6 Å². The van der Waals surface area contributed by atoms with E-state index in [1.165, 1.54) is 37.9 Å². The Morgan fingerprint density at radius 2 is 2.05 bits per heavy atom. The second kappa shape index (κ2) is 8.38. The molecule has 0 radical (unpaired) electrons. The van der Waals surface area contributed by atoms with Crippen LogP contribution in [0.3, 0.4) is 0 Å². The topological polar surface area (TPSA) is 25.4 Å². The maximum absolute atomic E-state index is 5.74. The van der Waals surface area contributed by atoms with E-state index in [4.69, 9.17) is 4.74 Å². The number of ether oxygens (including phenoxy) is 1. The molecule has 0 saturated carbocycles. The molecule has 2 heterocycles. The summed E-state index contributed by atoms with van der Waals surface area (Å²) in [5.41, 5.74) is 2.36. The van der Waals surface area contributed by atoms with Crippen LogP contribution in [0.2, 0.25) is 0 Å². The van der Waals surface area contributed by atoms with E-state index in [0.717, 1.165) is 25.3 Å². The average molecular weight is 276 g/mol. The first-order chi connectivity index (χ1) is 9.79. The van der Waals surface area contributed by atoms with E-state index in [-0.39, 0.29) is 0 Å². The molecule has 0 aliphatic carbocycles.